The number of benzene rings is 2. The maximum Gasteiger partial charge on any atom is 0.325 e. The molecule has 0 aromatic heterocycles. The third-order valence-corrected chi connectivity index (χ3v) is 4.60. The van der Waals surface area contributed by atoms with Crippen molar-refractivity contribution in [1.82, 2.24) is 10.2 Å². The number of rotatable bonds is 4. The maximum atomic E-state index is 14.1. The van der Waals surface area contributed by atoms with Crippen molar-refractivity contribution in [3.8, 4) is 0 Å². The van der Waals surface area contributed by atoms with Crippen molar-refractivity contribution < 1.29 is 18.8 Å². The van der Waals surface area contributed by atoms with Gasteiger partial charge in [0.2, 0.25) is 5.91 Å². The van der Waals surface area contributed by atoms with Crippen molar-refractivity contribution in [2.45, 2.75) is 19.9 Å². The zero-order chi connectivity index (χ0) is 19.7. The summed E-state index contributed by atoms with van der Waals surface area (Å²) in [6, 6.07) is 7.77. The molecule has 0 radical (unpaired) electrons. The highest BCUT2D eigenvalue weighted by atomic mass is 79.9. The topological polar surface area (TPSA) is 78.5 Å². The monoisotopic (exact) mass is 433 g/mol. The van der Waals surface area contributed by atoms with E-state index in [4.69, 9.17) is 0 Å². The molecule has 27 heavy (non-hydrogen) atoms. The van der Waals surface area contributed by atoms with Crippen LogP contribution in [0.2, 0.25) is 0 Å². The number of aryl methyl sites for hydroxylation is 2. The second kappa shape index (κ2) is 7.48. The van der Waals surface area contributed by atoms with E-state index in [0.717, 1.165) is 16.0 Å². The standard InChI is InChI=1S/C19H17BrFN3O3/c1-10-5-11(2)7-13(6-10)22-16(25)9-24-18(26)17(23-19(24)27)14-8-12(20)3-4-15(14)21/h3-8,17H,9H2,1-2H3,(H,22,25)(H,23,27)/t17-/m0/s1. The Balaban J connectivity index is 1.73. The summed E-state index contributed by atoms with van der Waals surface area (Å²) in [5.41, 5.74) is 2.58. The smallest absolute Gasteiger partial charge is 0.325 e. The van der Waals surface area contributed by atoms with Gasteiger partial charge in [0.05, 0.1) is 0 Å². The van der Waals surface area contributed by atoms with Crippen molar-refractivity contribution in [2.24, 2.45) is 0 Å². The number of carbonyl (C=O) groups excluding carboxylic acids is 3. The Bertz CT molecular complexity index is 928. The molecular weight excluding hydrogens is 417 g/mol. The van der Waals surface area contributed by atoms with Crippen LogP contribution in [0, 0.1) is 19.7 Å². The molecule has 2 N–H and O–H groups in total. The zero-order valence-corrected chi connectivity index (χ0v) is 16.3. The Morgan fingerprint density at radius 2 is 1.85 bits per heavy atom. The van der Waals surface area contributed by atoms with Crippen LogP contribution in [-0.4, -0.2) is 29.3 Å². The first kappa shape index (κ1) is 19.0. The average Bonchev–Trinajstić information content (AvgIpc) is 2.84. The van der Waals surface area contributed by atoms with Crippen molar-refractivity contribution >= 4 is 39.5 Å². The number of nitrogens with zero attached hydrogens (tertiary/aromatic N) is 1. The molecule has 3 rings (SSSR count). The predicted octanol–water partition coefficient (Wildman–Crippen LogP) is 3.44. The number of anilines is 1. The summed E-state index contributed by atoms with van der Waals surface area (Å²) in [4.78, 5) is 37.8. The van der Waals surface area contributed by atoms with Crippen LogP contribution < -0.4 is 10.6 Å². The van der Waals surface area contributed by atoms with Gasteiger partial charge in [-0.25, -0.2) is 9.18 Å². The molecule has 2 aromatic carbocycles. The first-order valence-electron chi connectivity index (χ1n) is 8.19. The summed E-state index contributed by atoms with van der Waals surface area (Å²) in [5, 5.41) is 5.09. The fourth-order valence-electron chi connectivity index (χ4n) is 3.01. The summed E-state index contributed by atoms with van der Waals surface area (Å²) in [6.07, 6.45) is 0. The number of halogens is 2. The average molecular weight is 434 g/mol. The molecule has 4 amide bonds. The Kier molecular flexibility index (Phi) is 5.27. The van der Waals surface area contributed by atoms with Crippen LogP contribution in [-0.2, 0) is 9.59 Å². The number of carbonyl (C=O) groups is 3. The predicted molar refractivity (Wildman–Crippen MR) is 102 cm³/mol. The molecule has 140 valence electrons. The van der Waals surface area contributed by atoms with Crippen LogP contribution in [0.15, 0.2) is 40.9 Å². The van der Waals surface area contributed by atoms with E-state index in [1.54, 1.807) is 12.1 Å². The summed E-state index contributed by atoms with van der Waals surface area (Å²) in [7, 11) is 0. The molecule has 0 spiro atoms. The second-order valence-electron chi connectivity index (χ2n) is 6.40. The van der Waals surface area contributed by atoms with E-state index >= 15 is 0 Å². The van der Waals surface area contributed by atoms with Gasteiger partial charge in [-0.2, -0.15) is 0 Å². The largest absolute Gasteiger partial charge is 0.325 e. The number of imide groups is 1. The van der Waals surface area contributed by atoms with Crippen LogP contribution in [0.4, 0.5) is 14.9 Å². The van der Waals surface area contributed by atoms with Gasteiger partial charge in [0.1, 0.15) is 18.4 Å². The van der Waals surface area contributed by atoms with Gasteiger partial charge in [-0.3, -0.25) is 14.5 Å². The lowest BCUT2D eigenvalue weighted by atomic mass is 10.1. The van der Waals surface area contributed by atoms with Gasteiger partial charge >= 0.3 is 6.03 Å². The van der Waals surface area contributed by atoms with E-state index in [9.17, 15) is 18.8 Å². The minimum atomic E-state index is -1.16. The number of hydrogen-bond donors (Lipinski definition) is 2. The Morgan fingerprint density at radius 3 is 2.52 bits per heavy atom. The molecule has 0 aliphatic carbocycles. The van der Waals surface area contributed by atoms with E-state index in [-0.39, 0.29) is 5.56 Å². The lowest BCUT2D eigenvalue weighted by molar-refractivity contribution is -0.130. The van der Waals surface area contributed by atoms with Crippen molar-refractivity contribution in [1.29, 1.82) is 0 Å². The van der Waals surface area contributed by atoms with Crippen LogP contribution in [0.25, 0.3) is 0 Å². The van der Waals surface area contributed by atoms with E-state index < -0.39 is 36.2 Å². The molecule has 1 aliphatic rings. The third kappa shape index (κ3) is 4.16. The quantitative estimate of drug-likeness (QED) is 0.724. The highest BCUT2D eigenvalue weighted by Gasteiger charge is 2.41. The van der Waals surface area contributed by atoms with Gasteiger partial charge in [0.15, 0.2) is 0 Å². The molecule has 0 unspecified atom stereocenters. The van der Waals surface area contributed by atoms with Crippen molar-refractivity contribution in [3.63, 3.8) is 0 Å². The highest BCUT2D eigenvalue weighted by Crippen LogP contribution is 2.27. The van der Waals surface area contributed by atoms with Gasteiger partial charge in [0, 0.05) is 15.7 Å². The minimum absolute atomic E-state index is 0.0416. The summed E-state index contributed by atoms with van der Waals surface area (Å²) >= 11 is 3.21. The molecular formula is C19H17BrFN3O3. The van der Waals surface area contributed by atoms with E-state index in [1.165, 1.54) is 18.2 Å². The normalized spacial score (nSPS) is 16.4. The van der Waals surface area contributed by atoms with Crippen LogP contribution >= 0.6 is 15.9 Å². The SMILES string of the molecule is Cc1cc(C)cc(NC(=O)CN2C(=O)N[C@@H](c3cc(Br)ccc3F)C2=O)c1. The van der Waals surface area contributed by atoms with E-state index in [1.807, 2.05) is 19.9 Å². The second-order valence-corrected chi connectivity index (χ2v) is 7.31. The molecule has 1 heterocycles. The number of nitrogens with one attached hydrogen (secondary N) is 2. The van der Waals surface area contributed by atoms with Gasteiger partial charge in [-0.1, -0.05) is 22.0 Å². The molecule has 1 aliphatic heterocycles. The first-order chi connectivity index (χ1) is 12.7. The molecule has 0 bridgehead atoms. The fraction of sp³-hybridized carbons (Fsp3) is 0.211. The van der Waals surface area contributed by atoms with E-state index in [2.05, 4.69) is 26.6 Å². The maximum absolute atomic E-state index is 14.1. The Morgan fingerprint density at radius 1 is 1.19 bits per heavy atom. The molecule has 8 heteroatoms. The number of urea groups is 1. The van der Waals surface area contributed by atoms with Crippen LogP contribution in [0.1, 0.15) is 22.7 Å². The van der Waals surface area contributed by atoms with E-state index in [0.29, 0.717) is 10.2 Å². The molecule has 1 atom stereocenters. The first-order valence-corrected chi connectivity index (χ1v) is 8.99. The van der Waals surface area contributed by atoms with Crippen molar-refractivity contribution in [3.05, 3.63) is 63.4 Å². The lowest BCUT2D eigenvalue weighted by Gasteiger charge is -2.14. The molecule has 0 saturated carbocycles. The molecule has 1 saturated heterocycles. The van der Waals surface area contributed by atoms with Gasteiger partial charge < -0.3 is 10.6 Å². The summed E-state index contributed by atoms with van der Waals surface area (Å²) in [5.74, 6) is -1.80. The zero-order valence-electron chi connectivity index (χ0n) is 14.7. The lowest BCUT2D eigenvalue weighted by Crippen LogP contribution is -2.38. The Hall–Kier alpha value is -2.74. The highest BCUT2D eigenvalue weighted by molar-refractivity contribution is 9.10. The number of hydrogen-bond acceptors (Lipinski definition) is 3. The van der Waals surface area contributed by atoms with Crippen LogP contribution in [0.3, 0.4) is 0 Å². The van der Waals surface area contributed by atoms with Gasteiger partial charge in [0.25, 0.3) is 5.91 Å². The molecule has 6 nitrogen and oxygen atoms in total. The van der Waals surface area contributed by atoms with Crippen molar-refractivity contribution in [2.75, 3.05) is 11.9 Å². The minimum Gasteiger partial charge on any atom is -0.325 e. The summed E-state index contributed by atoms with van der Waals surface area (Å²) < 4.78 is 14.6. The number of amides is 4. The molecule has 2 aromatic rings. The molecule has 1 fully saturated rings. The third-order valence-electron chi connectivity index (χ3n) is 4.10. The van der Waals surface area contributed by atoms with Gasteiger partial charge in [-0.05, 0) is 55.3 Å². The summed E-state index contributed by atoms with van der Waals surface area (Å²) in [6.45, 7) is 3.35. The fourth-order valence-corrected chi connectivity index (χ4v) is 3.39. The Labute approximate surface area is 163 Å². The van der Waals surface area contributed by atoms with Crippen LogP contribution in [0.5, 0.6) is 0 Å². The van der Waals surface area contributed by atoms with Gasteiger partial charge in [-0.15, -0.1) is 0 Å².